The fourth-order valence-electron chi connectivity index (χ4n) is 1.13. The highest BCUT2D eigenvalue weighted by atomic mass is 79.9. The lowest BCUT2D eigenvalue weighted by molar-refractivity contribution is -0.118. The van der Waals surface area contributed by atoms with Crippen molar-refractivity contribution in [1.82, 2.24) is 5.32 Å². The van der Waals surface area contributed by atoms with Gasteiger partial charge in [-0.1, -0.05) is 15.9 Å². The fourth-order valence-corrected chi connectivity index (χ4v) is 2.39. The Labute approximate surface area is 92.5 Å². The quantitative estimate of drug-likeness (QED) is 0.740. The summed E-state index contributed by atoms with van der Waals surface area (Å²) < 4.78 is 21.5. The molecule has 1 amide bonds. The molecule has 0 spiro atoms. The minimum Gasteiger partial charge on any atom is -0.354 e. The molecule has 82 valence electrons. The van der Waals surface area contributed by atoms with Gasteiger partial charge in [0, 0.05) is 17.6 Å². The van der Waals surface area contributed by atoms with Crippen molar-refractivity contribution in [2.75, 3.05) is 18.6 Å². The molecule has 1 aliphatic carbocycles. The number of hydrogen-bond acceptors (Lipinski definition) is 3. The molecule has 1 aliphatic rings. The second-order valence-corrected chi connectivity index (χ2v) is 7.04. The van der Waals surface area contributed by atoms with E-state index >= 15 is 0 Å². The first kappa shape index (κ1) is 12.0. The van der Waals surface area contributed by atoms with E-state index in [9.17, 15) is 13.2 Å². The van der Waals surface area contributed by atoms with Crippen molar-refractivity contribution in [1.29, 1.82) is 0 Å². The Morgan fingerprint density at radius 1 is 1.57 bits per heavy atom. The molecule has 0 heterocycles. The van der Waals surface area contributed by atoms with Crippen molar-refractivity contribution in [2.45, 2.75) is 17.7 Å². The molecule has 0 aliphatic heterocycles. The number of carbonyl (C=O) groups excluding carboxylic acids is 1. The van der Waals surface area contributed by atoms with E-state index in [-0.39, 0.29) is 4.83 Å². The number of hydrogen-bond donors (Lipinski definition) is 1. The molecule has 1 rings (SSSR count). The average Bonchev–Trinajstić information content (AvgIpc) is 2.78. The highest BCUT2D eigenvalue weighted by Gasteiger charge is 2.29. The lowest BCUT2D eigenvalue weighted by atomic mass is 10.3. The SMILES string of the molecule is CS(=O)(=O)CC(=O)NCC(Br)C1CC1. The van der Waals surface area contributed by atoms with E-state index in [1.165, 1.54) is 12.8 Å². The van der Waals surface area contributed by atoms with E-state index in [2.05, 4.69) is 21.2 Å². The molecule has 0 saturated heterocycles. The maximum Gasteiger partial charge on any atom is 0.235 e. The zero-order valence-electron chi connectivity index (χ0n) is 7.99. The van der Waals surface area contributed by atoms with Gasteiger partial charge in [-0.3, -0.25) is 4.79 Å². The summed E-state index contributed by atoms with van der Waals surface area (Å²) in [4.78, 5) is 11.4. The molecule has 1 atom stereocenters. The third-order valence-electron chi connectivity index (χ3n) is 2.02. The molecule has 1 saturated carbocycles. The van der Waals surface area contributed by atoms with Crippen LogP contribution in [0, 0.1) is 5.92 Å². The standard InChI is InChI=1S/C8H14BrNO3S/c1-14(12,13)5-8(11)10-4-7(9)6-2-3-6/h6-7H,2-5H2,1H3,(H,10,11). The Morgan fingerprint density at radius 2 is 2.14 bits per heavy atom. The summed E-state index contributed by atoms with van der Waals surface area (Å²) in [6.45, 7) is 0.513. The number of carbonyl (C=O) groups is 1. The third kappa shape index (κ3) is 4.95. The zero-order valence-corrected chi connectivity index (χ0v) is 10.4. The lowest BCUT2D eigenvalue weighted by Gasteiger charge is -2.09. The van der Waals surface area contributed by atoms with Gasteiger partial charge >= 0.3 is 0 Å². The van der Waals surface area contributed by atoms with Gasteiger partial charge in [-0.05, 0) is 18.8 Å². The number of amides is 1. The lowest BCUT2D eigenvalue weighted by Crippen LogP contribution is -2.34. The molecular formula is C8H14BrNO3S. The second kappa shape index (κ2) is 4.61. The van der Waals surface area contributed by atoms with Crippen molar-refractivity contribution in [3.63, 3.8) is 0 Å². The van der Waals surface area contributed by atoms with Gasteiger partial charge in [0.25, 0.3) is 0 Å². The van der Waals surface area contributed by atoms with Gasteiger partial charge in [0.15, 0.2) is 9.84 Å². The van der Waals surface area contributed by atoms with Crippen LogP contribution in [0.1, 0.15) is 12.8 Å². The summed E-state index contributed by atoms with van der Waals surface area (Å²) in [6.07, 6.45) is 3.44. The monoisotopic (exact) mass is 283 g/mol. The minimum atomic E-state index is -3.20. The maximum atomic E-state index is 11.1. The van der Waals surface area contributed by atoms with Gasteiger partial charge in [0.1, 0.15) is 5.75 Å². The predicted molar refractivity (Wildman–Crippen MR) is 58.2 cm³/mol. The first-order valence-corrected chi connectivity index (χ1v) is 7.44. The third-order valence-corrected chi connectivity index (χ3v) is 3.88. The number of nitrogens with one attached hydrogen (secondary N) is 1. The molecule has 1 unspecified atom stereocenters. The van der Waals surface area contributed by atoms with E-state index in [1.807, 2.05) is 0 Å². The normalized spacial score (nSPS) is 19.0. The molecule has 0 aromatic heterocycles. The van der Waals surface area contributed by atoms with Crippen LogP contribution >= 0.6 is 15.9 Å². The van der Waals surface area contributed by atoms with Crippen LogP contribution in [0.25, 0.3) is 0 Å². The van der Waals surface area contributed by atoms with Crippen LogP contribution in [0.2, 0.25) is 0 Å². The summed E-state index contributed by atoms with van der Waals surface area (Å²) in [7, 11) is -3.20. The molecule has 0 bridgehead atoms. The van der Waals surface area contributed by atoms with E-state index in [0.717, 1.165) is 6.26 Å². The van der Waals surface area contributed by atoms with Crippen molar-refractivity contribution >= 4 is 31.7 Å². The van der Waals surface area contributed by atoms with E-state index in [0.29, 0.717) is 12.5 Å². The van der Waals surface area contributed by atoms with Crippen LogP contribution in [0.5, 0.6) is 0 Å². The van der Waals surface area contributed by atoms with Gasteiger partial charge in [-0.15, -0.1) is 0 Å². The van der Waals surface area contributed by atoms with Crippen LogP contribution in [-0.2, 0) is 14.6 Å². The maximum absolute atomic E-state index is 11.1. The summed E-state index contributed by atoms with van der Waals surface area (Å²) in [5.74, 6) is -0.191. The summed E-state index contributed by atoms with van der Waals surface area (Å²) >= 11 is 3.45. The average molecular weight is 284 g/mol. The minimum absolute atomic E-state index is 0.283. The topological polar surface area (TPSA) is 63.2 Å². The van der Waals surface area contributed by atoms with Crippen LogP contribution < -0.4 is 5.32 Å². The van der Waals surface area contributed by atoms with E-state index < -0.39 is 21.5 Å². The molecule has 6 heteroatoms. The smallest absolute Gasteiger partial charge is 0.235 e. The summed E-state index contributed by atoms with van der Waals surface area (Å²) in [6, 6.07) is 0. The van der Waals surface area contributed by atoms with Crippen LogP contribution in [-0.4, -0.2) is 37.7 Å². The fraction of sp³-hybridized carbons (Fsp3) is 0.875. The number of halogens is 1. The van der Waals surface area contributed by atoms with E-state index in [4.69, 9.17) is 0 Å². The van der Waals surface area contributed by atoms with Gasteiger partial charge < -0.3 is 5.32 Å². The predicted octanol–water partition coefficient (Wildman–Crippen LogP) is 0.321. The molecule has 0 radical (unpaired) electrons. The second-order valence-electron chi connectivity index (χ2n) is 3.73. The highest BCUT2D eigenvalue weighted by Crippen LogP contribution is 2.36. The highest BCUT2D eigenvalue weighted by molar-refractivity contribution is 9.09. The van der Waals surface area contributed by atoms with Crippen LogP contribution in [0.3, 0.4) is 0 Å². The van der Waals surface area contributed by atoms with Gasteiger partial charge in [0.2, 0.25) is 5.91 Å². The van der Waals surface area contributed by atoms with Gasteiger partial charge in [-0.2, -0.15) is 0 Å². The van der Waals surface area contributed by atoms with E-state index in [1.54, 1.807) is 0 Å². The van der Waals surface area contributed by atoms with Crippen LogP contribution in [0.4, 0.5) is 0 Å². The molecule has 1 N–H and O–H groups in total. The Bertz CT molecular complexity index is 311. The Balaban J connectivity index is 2.20. The molecule has 14 heavy (non-hydrogen) atoms. The van der Waals surface area contributed by atoms with Gasteiger partial charge in [-0.25, -0.2) is 8.42 Å². The number of sulfone groups is 1. The van der Waals surface area contributed by atoms with Crippen molar-refractivity contribution in [3.05, 3.63) is 0 Å². The Hall–Kier alpha value is -0.100. The van der Waals surface area contributed by atoms with Crippen molar-refractivity contribution < 1.29 is 13.2 Å². The van der Waals surface area contributed by atoms with Crippen LogP contribution in [0.15, 0.2) is 0 Å². The van der Waals surface area contributed by atoms with Gasteiger partial charge in [0.05, 0.1) is 0 Å². The molecule has 4 nitrogen and oxygen atoms in total. The number of alkyl halides is 1. The Kier molecular flexibility index (Phi) is 3.94. The first-order valence-electron chi connectivity index (χ1n) is 4.47. The number of rotatable bonds is 5. The molecular weight excluding hydrogens is 270 g/mol. The molecule has 1 fully saturated rings. The molecule has 0 aromatic rings. The molecule has 0 aromatic carbocycles. The largest absolute Gasteiger partial charge is 0.354 e. The van der Waals surface area contributed by atoms with Crippen molar-refractivity contribution in [3.8, 4) is 0 Å². The van der Waals surface area contributed by atoms with Crippen molar-refractivity contribution in [2.24, 2.45) is 5.92 Å². The first-order chi connectivity index (χ1) is 6.38. The summed E-state index contributed by atoms with van der Waals surface area (Å²) in [5.41, 5.74) is 0. The zero-order chi connectivity index (χ0) is 10.8. The Morgan fingerprint density at radius 3 is 2.57 bits per heavy atom. The summed E-state index contributed by atoms with van der Waals surface area (Å²) in [5, 5.41) is 2.60.